The average Bonchev–Trinajstić information content (AvgIpc) is 2.79. The Kier molecular flexibility index (Phi) is 4.40. The van der Waals surface area contributed by atoms with Crippen LogP contribution in [0.25, 0.3) is 5.69 Å². The normalized spacial score (nSPS) is 10.5. The van der Waals surface area contributed by atoms with E-state index in [4.69, 9.17) is 10.5 Å². The average molecular weight is 273 g/mol. The molecule has 2 N–H and O–H groups in total. The fourth-order valence-electron chi connectivity index (χ4n) is 1.77. The first-order valence-electron chi connectivity index (χ1n) is 6.71. The zero-order chi connectivity index (χ0) is 14.5. The second-order valence-electron chi connectivity index (χ2n) is 4.65. The van der Waals surface area contributed by atoms with E-state index in [0.717, 1.165) is 24.2 Å². The number of nitrogens with zero attached hydrogens (tertiary/aromatic N) is 2. The summed E-state index contributed by atoms with van der Waals surface area (Å²) in [5, 5.41) is 4.30. The topological polar surface area (TPSA) is 70.1 Å². The summed E-state index contributed by atoms with van der Waals surface area (Å²) < 4.78 is 6.86. The number of hydrogen-bond donors (Lipinski definition) is 1. The molecule has 2 rings (SSSR count). The molecule has 0 unspecified atom stereocenters. The summed E-state index contributed by atoms with van der Waals surface area (Å²) in [4.78, 5) is 11.9. The van der Waals surface area contributed by atoms with Crippen LogP contribution in [0, 0.1) is 6.92 Å². The van der Waals surface area contributed by atoms with Crippen LogP contribution in [0.4, 0.5) is 5.69 Å². The summed E-state index contributed by atoms with van der Waals surface area (Å²) in [6.45, 7) is 4.35. The molecular weight excluding hydrogens is 254 g/mol. The number of nitrogens with two attached hydrogens (primary N) is 1. The van der Waals surface area contributed by atoms with Crippen LogP contribution >= 0.6 is 0 Å². The molecule has 0 spiro atoms. The molecule has 0 aliphatic rings. The van der Waals surface area contributed by atoms with E-state index in [9.17, 15) is 4.79 Å². The van der Waals surface area contributed by atoms with Crippen molar-refractivity contribution in [3.63, 3.8) is 0 Å². The first-order valence-corrected chi connectivity index (χ1v) is 6.71. The maximum absolute atomic E-state index is 11.9. The van der Waals surface area contributed by atoms with E-state index in [1.807, 2.05) is 13.0 Å². The Hall–Kier alpha value is -2.30. The van der Waals surface area contributed by atoms with E-state index in [-0.39, 0.29) is 5.97 Å². The van der Waals surface area contributed by atoms with Crippen LogP contribution in [-0.2, 0) is 4.74 Å². The van der Waals surface area contributed by atoms with E-state index < -0.39 is 0 Å². The van der Waals surface area contributed by atoms with E-state index in [1.54, 1.807) is 29.1 Å². The molecule has 0 saturated carbocycles. The van der Waals surface area contributed by atoms with Gasteiger partial charge in [0, 0.05) is 0 Å². The number of esters is 1. The number of anilines is 1. The molecule has 0 atom stereocenters. The quantitative estimate of drug-likeness (QED) is 0.671. The second kappa shape index (κ2) is 6.23. The third-order valence-corrected chi connectivity index (χ3v) is 3.01. The van der Waals surface area contributed by atoms with E-state index in [2.05, 4.69) is 12.0 Å². The maximum atomic E-state index is 11.9. The van der Waals surface area contributed by atoms with Crippen LogP contribution in [0.15, 0.2) is 30.5 Å². The van der Waals surface area contributed by atoms with E-state index >= 15 is 0 Å². The minimum Gasteiger partial charge on any atom is -0.462 e. The number of rotatable bonds is 5. The molecule has 1 aromatic carbocycles. The fourth-order valence-corrected chi connectivity index (χ4v) is 1.77. The molecule has 0 bridgehead atoms. The van der Waals surface area contributed by atoms with Crippen molar-refractivity contribution in [1.82, 2.24) is 9.78 Å². The molecule has 5 heteroatoms. The van der Waals surface area contributed by atoms with Gasteiger partial charge in [-0.3, -0.25) is 0 Å². The molecule has 5 nitrogen and oxygen atoms in total. The number of ether oxygens (including phenoxy) is 1. The Morgan fingerprint density at radius 2 is 2.25 bits per heavy atom. The maximum Gasteiger partial charge on any atom is 0.338 e. The lowest BCUT2D eigenvalue weighted by molar-refractivity contribution is 0.0499. The summed E-state index contributed by atoms with van der Waals surface area (Å²) >= 11 is 0. The van der Waals surface area contributed by atoms with Crippen molar-refractivity contribution in [2.75, 3.05) is 12.3 Å². The number of aromatic nitrogens is 2. The highest BCUT2D eigenvalue weighted by atomic mass is 16.5. The van der Waals surface area contributed by atoms with E-state index in [1.165, 1.54) is 0 Å². The first-order chi connectivity index (χ1) is 9.61. The number of carbonyl (C=O) groups excluding carboxylic acids is 1. The molecule has 106 valence electrons. The van der Waals surface area contributed by atoms with Gasteiger partial charge in [-0.25, -0.2) is 9.48 Å². The Balaban J connectivity index is 2.17. The van der Waals surface area contributed by atoms with Gasteiger partial charge in [0.15, 0.2) is 0 Å². The number of hydrogen-bond acceptors (Lipinski definition) is 4. The molecule has 2 aromatic rings. The van der Waals surface area contributed by atoms with Gasteiger partial charge >= 0.3 is 5.97 Å². The van der Waals surface area contributed by atoms with Crippen molar-refractivity contribution >= 4 is 11.7 Å². The highest BCUT2D eigenvalue weighted by Gasteiger charge is 2.09. The van der Waals surface area contributed by atoms with Gasteiger partial charge in [0.1, 0.15) is 0 Å². The molecule has 0 fully saturated rings. The molecule has 1 heterocycles. The highest BCUT2D eigenvalue weighted by molar-refractivity contribution is 5.90. The van der Waals surface area contributed by atoms with Gasteiger partial charge in [-0.2, -0.15) is 5.10 Å². The molecule has 0 amide bonds. The molecular formula is C15H19N3O2. The SMILES string of the molecule is CCCCOC(=O)c1cccc(-n2cc(N)c(C)n2)c1. The van der Waals surface area contributed by atoms with Gasteiger partial charge in [-0.1, -0.05) is 19.4 Å². The Morgan fingerprint density at radius 1 is 1.45 bits per heavy atom. The van der Waals surface area contributed by atoms with Crippen LogP contribution in [0.1, 0.15) is 35.8 Å². The fraction of sp³-hybridized carbons (Fsp3) is 0.333. The monoisotopic (exact) mass is 273 g/mol. The van der Waals surface area contributed by atoms with Crippen molar-refractivity contribution in [2.24, 2.45) is 0 Å². The standard InChI is InChI=1S/C15H19N3O2/c1-3-4-8-20-15(19)12-6-5-7-13(9-12)18-10-14(16)11(2)17-18/h5-7,9-10H,3-4,8,16H2,1-2H3. The molecule has 20 heavy (non-hydrogen) atoms. The second-order valence-corrected chi connectivity index (χ2v) is 4.65. The summed E-state index contributed by atoms with van der Waals surface area (Å²) in [6, 6.07) is 7.16. The van der Waals surface area contributed by atoms with Gasteiger partial charge < -0.3 is 10.5 Å². The third-order valence-electron chi connectivity index (χ3n) is 3.01. The van der Waals surface area contributed by atoms with Crippen LogP contribution in [0.2, 0.25) is 0 Å². The number of unbranched alkanes of at least 4 members (excludes halogenated alkanes) is 1. The zero-order valence-electron chi connectivity index (χ0n) is 11.8. The predicted molar refractivity (Wildman–Crippen MR) is 77.9 cm³/mol. The molecule has 0 radical (unpaired) electrons. The Morgan fingerprint density at radius 3 is 2.90 bits per heavy atom. The van der Waals surface area contributed by atoms with Crippen molar-refractivity contribution in [2.45, 2.75) is 26.7 Å². The Labute approximate surface area is 118 Å². The van der Waals surface area contributed by atoms with E-state index in [0.29, 0.717) is 17.9 Å². The number of nitrogen functional groups attached to an aromatic ring is 1. The van der Waals surface area contributed by atoms with Crippen LogP contribution in [0.5, 0.6) is 0 Å². The number of benzene rings is 1. The third kappa shape index (κ3) is 3.17. The van der Waals surface area contributed by atoms with Gasteiger partial charge in [-0.05, 0) is 31.5 Å². The van der Waals surface area contributed by atoms with Crippen LogP contribution in [-0.4, -0.2) is 22.4 Å². The Bertz CT molecular complexity index is 585. The predicted octanol–water partition coefficient (Wildman–Crippen LogP) is 2.72. The van der Waals surface area contributed by atoms with Crippen LogP contribution in [0.3, 0.4) is 0 Å². The largest absolute Gasteiger partial charge is 0.462 e. The lowest BCUT2D eigenvalue weighted by Crippen LogP contribution is -2.07. The van der Waals surface area contributed by atoms with Crippen LogP contribution < -0.4 is 5.73 Å². The van der Waals surface area contributed by atoms with Gasteiger partial charge in [0.05, 0.1) is 35.4 Å². The number of aryl methyl sites for hydroxylation is 1. The lowest BCUT2D eigenvalue weighted by Gasteiger charge is -2.06. The highest BCUT2D eigenvalue weighted by Crippen LogP contribution is 2.15. The van der Waals surface area contributed by atoms with Gasteiger partial charge in [0.25, 0.3) is 0 Å². The molecule has 1 aromatic heterocycles. The summed E-state index contributed by atoms with van der Waals surface area (Å²) in [7, 11) is 0. The zero-order valence-corrected chi connectivity index (χ0v) is 11.8. The number of carbonyl (C=O) groups is 1. The smallest absolute Gasteiger partial charge is 0.338 e. The molecule has 0 aliphatic carbocycles. The van der Waals surface area contributed by atoms with Crippen molar-refractivity contribution in [3.8, 4) is 5.69 Å². The minimum atomic E-state index is -0.308. The summed E-state index contributed by atoms with van der Waals surface area (Å²) in [5.41, 5.74) is 8.48. The molecule has 0 aliphatic heterocycles. The molecule has 0 saturated heterocycles. The van der Waals surface area contributed by atoms with Gasteiger partial charge in [-0.15, -0.1) is 0 Å². The minimum absolute atomic E-state index is 0.308. The summed E-state index contributed by atoms with van der Waals surface area (Å²) in [5.74, 6) is -0.308. The van der Waals surface area contributed by atoms with Crippen molar-refractivity contribution in [3.05, 3.63) is 41.7 Å². The van der Waals surface area contributed by atoms with Gasteiger partial charge in [0.2, 0.25) is 0 Å². The summed E-state index contributed by atoms with van der Waals surface area (Å²) in [6.07, 6.45) is 3.61. The first kappa shape index (κ1) is 14.1. The lowest BCUT2D eigenvalue weighted by atomic mass is 10.2. The van der Waals surface area contributed by atoms with Crippen molar-refractivity contribution < 1.29 is 9.53 Å². The van der Waals surface area contributed by atoms with Crippen molar-refractivity contribution in [1.29, 1.82) is 0 Å².